The van der Waals surface area contributed by atoms with E-state index in [9.17, 15) is 13.2 Å². The fourth-order valence-corrected chi connectivity index (χ4v) is 6.85. The van der Waals surface area contributed by atoms with Crippen LogP contribution in [0.2, 0.25) is 0 Å². The van der Waals surface area contributed by atoms with Crippen molar-refractivity contribution in [1.29, 1.82) is 0 Å². The summed E-state index contributed by atoms with van der Waals surface area (Å²) in [5.41, 5.74) is 1.84. The molecule has 0 N–H and O–H groups in total. The molecule has 0 amide bonds. The number of ether oxygens (including phenoxy) is 2. The highest BCUT2D eigenvalue weighted by molar-refractivity contribution is 7.88. The summed E-state index contributed by atoms with van der Waals surface area (Å²) in [4.78, 5) is 20.7. The van der Waals surface area contributed by atoms with Crippen LogP contribution >= 0.6 is 11.3 Å². The first kappa shape index (κ1) is 25.3. The number of aryl methyl sites for hydroxylation is 1. The molecule has 2 aliphatic heterocycles. The molecular weight excluding hydrogens is 500 g/mol. The maximum atomic E-state index is 12.9. The van der Waals surface area contributed by atoms with Crippen LogP contribution in [0.4, 0.5) is 0 Å². The molecule has 36 heavy (non-hydrogen) atoms. The molecule has 0 radical (unpaired) electrons. The third kappa shape index (κ3) is 5.65. The molecule has 9 nitrogen and oxygen atoms in total. The highest BCUT2D eigenvalue weighted by atomic mass is 32.2. The predicted octanol–water partition coefficient (Wildman–Crippen LogP) is 2.54. The van der Waals surface area contributed by atoms with Crippen molar-refractivity contribution >= 4 is 31.4 Å². The van der Waals surface area contributed by atoms with E-state index in [-0.39, 0.29) is 5.56 Å². The smallest absolute Gasteiger partial charge is 0.259 e. The van der Waals surface area contributed by atoms with Crippen LogP contribution in [-0.2, 0) is 28.4 Å². The minimum absolute atomic E-state index is 0.0296. The summed E-state index contributed by atoms with van der Waals surface area (Å²) in [6.07, 6.45) is 8.69. The lowest BCUT2D eigenvalue weighted by atomic mass is 10.0. The molecule has 0 bridgehead atoms. The summed E-state index contributed by atoms with van der Waals surface area (Å²) >= 11 is 1.61. The molecule has 11 heteroatoms. The van der Waals surface area contributed by atoms with Gasteiger partial charge in [-0.3, -0.25) is 14.7 Å². The Bertz CT molecular complexity index is 1390. The first-order chi connectivity index (χ1) is 17.3. The number of fused-ring (bicyclic) bond motifs is 1. The van der Waals surface area contributed by atoms with Gasteiger partial charge in [-0.2, -0.15) is 4.31 Å². The molecule has 0 aromatic carbocycles. The zero-order valence-electron chi connectivity index (χ0n) is 20.7. The van der Waals surface area contributed by atoms with Crippen molar-refractivity contribution in [2.24, 2.45) is 13.0 Å². The second-order valence-electron chi connectivity index (χ2n) is 9.63. The summed E-state index contributed by atoms with van der Waals surface area (Å²) in [7, 11) is -1.39. The van der Waals surface area contributed by atoms with Crippen molar-refractivity contribution in [3.8, 4) is 16.9 Å². The van der Waals surface area contributed by atoms with Crippen LogP contribution in [0.25, 0.3) is 21.2 Å². The van der Waals surface area contributed by atoms with Gasteiger partial charge in [-0.15, -0.1) is 11.3 Å². The van der Waals surface area contributed by atoms with Gasteiger partial charge in [-0.25, -0.2) is 8.42 Å². The average Bonchev–Trinajstić information content (AvgIpc) is 3.29. The highest BCUT2D eigenvalue weighted by Gasteiger charge is 2.24. The minimum Gasteiger partial charge on any atom is -0.492 e. The molecule has 2 saturated heterocycles. The monoisotopic (exact) mass is 532 g/mol. The molecule has 3 aromatic rings. The van der Waals surface area contributed by atoms with Gasteiger partial charge < -0.3 is 14.0 Å². The quantitative estimate of drug-likeness (QED) is 0.462. The Morgan fingerprint density at radius 2 is 1.89 bits per heavy atom. The molecule has 5 rings (SSSR count). The summed E-state index contributed by atoms with van der Waals surface area (Å²) in [6, 6.07) is 3.98. The highest BCUT2D eigenvalue weighted by Crippen LogP contribution is 2.35. The van der Waals surface area contributed by atoms with Crippen LogP contribution in [0.15, 0.2) is 35.5 Å². The number of rotatable bonds is 7. The number of thiophene rings is 1. The van der Waals surface area contributed by atoms with E-state index < -0.39 is 10.0 Å². The topological polar surface area (TPSA) is 94.0 Å². The summed E-state index contributed by atoms with van der Waals surface area (Å²) in [5, 5.41) is 0.693. The Balaban J connectivity index is 1.37. The molecular formula is C25H32N4O5S2. The fourth-order valence-electron chi connectivity index (χ4n) is 4.80. The van der Waals surface area contributed by atoms with Gasteiger partial charge in [0.05, 0.1) is 24.4 Å². The third-order valence-corrected chi connectivity index (χ3v) is 9.39. The summed E-state index contributed by atoms with van der Waals surface area (Å²) in [6.45, 7) is 5.23. The van der Waals surface area contributed by atoms with Crippen molar-refractivity contribution in [1.82, 2.24) is 18.8 Å². The van der Waals surface area contributed by atoms with Gasteiger partial charge >= 0.3 is 0 Å². The molecule has 2 fully saturated rings. The van der Waals surface area contributed by atoms with Gasteiger partial charge in [0, 0.05) is 86.1 Å². The Hall–Kier alpha value is -2.31. The van der Waals surface area contributed by atoms with Crippen molar-refractivity contribution in [2.45, 2.75) is 19.4 Å². The van der Waals surface area contributed by atoms with E-state index in [1.54, 1.807) is 29.1 Å². The van der Waals surface area contributed by atoms with Gasteiger partial charge in [0.25, 0.3) is 5.56 Å². The number of pyridine rings is 2. The lowest BCUT2D eigenvalue weighted by Gasteiger charge is -2.32. The van der Waals surface area contributed by atoms with Gasteiger partial charge in [-0.1, -0.05) is 0 Å². The Morgan fingerprint density at radius 1 is 1.14 bits per heavy atom. The van der Waals surface area contributed by atoms with Crippen molar-refractivity contribution < 1.29 is 17.9 Å². The largest absolute Gasteiger partial charge is 0.492 e. The number of nitrogens with zero attached hydrogens (tertiary/aromatic N) is 4. The van der Waals surface area contributed by atoms with Crippen LogP contribution in [0.5, 0.6) is 5.75 Å². The van der Waals surface area contributed by atoms with Gasteiger partial charge in [-0.05, 0) is 30.9 Å². The van der Waals surface area contributed by atoms with Crippen LogP contribution in [0.3, 0.4) is 0 Å². The Morgan fingerprint density at radius 3 is 2.61 bits per heavy atom. The van der Waals surface area contributed by atoms with E-state index in [0.717, 1.165) is 52.5 Å². The first-order valence-electron chi connectivity index (χ1n) is 12.2. The van der Waals surface area contributed by atoms with Gasteiger partial charge in [0.1, 0.15) is 5.75 Å². The Kier molecular flexibility index (Phi) is 7.45. The van der Waals surface area contributed by atoms with E-state index in [0.29, 0.717) is 50.6 Å². The van der Waals surface area contributed by atoms with Gasteiger partial charge in [0.2, 0.25) is 10.0 Å². The van der Waals surface area contributed by atoms with Crippen LogP contribution in [-0.4, -0.2) is 79.4 Å². The molecule has 3 aromatic heterocycles. The molecule has 0 unspecified atom stereocenters. The van der Waals surface area contributed by atoms with Crippen LogP contribution in [0, 0.1) is 5.92 Å². The standard InChI is InChI=1S/C25H32N4O5S2/c1-27-16-23(19-11-20(14-26-13-19)34-17-18-3-9-33-10-4-18)24-22(25(27)30)12-21(35-24)15-28-5-7-29(8-6-28)36(2,31)32/h11-14,16,18H,3-10,15,17H2,1-2H3. The predicted molar refractivity (Wildman–Crippen MR) is 141 cm³/mol. The molecule has 2 aliphatic rings. The molecule has 0 atom stereocenters. The lowest BCUT2D eigenvalue weighted by molar-refractivity contribution is 0.0497. The fraction of sp³-hybridized carbons (Fsp3) is 0.520. The number of piperazine rings is 1. The minimum atomic E-state index is -3.16. The van der Waals surface area contributed by atoms with Crippen LogP contribution in [0.1, 0.15) is 17.7 Å². The molecule has 5 heterocycles. The zero-order valence-corrected chi connectivity index (χ0v) is 22.3. The number of hydrogen-bond donors (Lipinski definition) is 0. The number of hydrogen-bond acceptors (Lipinski definition) is 8. The van der Waals surface area contributed by atoms with Crippen molar-refractivity contribution in [2.75, 3.05) is 52.3 Å². The van der Waals surface area contributed by atoms with Gasteiger partial charge in [0.15, 0.2) is 0 Å². The normalized spacial score (nSPS) is 18.6. The van der Waals surface area contributed by atoms with Crippen LogP contribution < -0.4 is 10.3 Å². The second kappa shape index (κ2) is 10.6. The molecule has 0 spiro atoms. The maximum absolute atomic E-state index is 12.9. The Labute approximate surface area is 215 Å². The second-order valence-corrected chi connectivity index (χ2v) is 12.7. The summed E-state index contributed by atoms with van der Waals surface area (Å²) < 4.78 is 39.2. The van der Waals surface area contributed by atoms with E-state index >= 15 is 0 Å². The number of aromatic nitrogens is 2. The van der Waals surface area contributed by atoms with E-state index in [1.807, 2.05) is 24.5 Å². The van der Waals surface area contributed by atoms with E-state index in [1.165, 1.54) is 10.6 Å². The van der Waals surface area contributed by atoms with E-state index in [4.69, 9.17) is 9.47 Å². The maximum Gasteiger partial charge on any atom is 0.259 e. The molecule has 0 aliphatic carbocycles. The van der Waals surface area contributed by atoms with Crippen molar-refractivity contribution in [3.63, 3.8) is 0 Å². The average molecular weight is 533 g/mol. The number of sulfonamides is 1. The SMILES string of the molecule is Cn1cc(-c2cncc(OCC3CCOCC3)c2)c2sc(CN3CCN(S(C)(=O)=O)CC3)cc2c1=O. The summed E-state index contributed by atoms with van der Waals surface area (Å²) in [5.74, 6) is 1.22. The molecule has 194 valence electrons. The lowest BCUT2D eigenvalue weighted by Crippen LogP contribution is -2.47. The van der Waals surface area contributed by atoms with E-state index in [2.05, 4.69) is 9.88 Å². The molecule has 0 saturated carbocycles. The zero-order chi connectivity index (χ0) is 25.3. The third-order valence-electron chi connectivity index (χ3n) is 6.93. The van der Waals surface area contributed by atoms with Crippen molar-refractivity contribution in [3.05, 3.63) is 46.0 Å². The first-order valence-corrected chi connectivity index (χ1v) is 14.9.